The molecule has 0 saturated heterocycles. The Morgan fingerprint density at radius 3 is 2.61 bits per heavy atom. The number of hydrogen-bond donors (Lipinski definition) is 1. The second kappa shape index (κ2) is 7.09. The zero-order chi connectivity index (χ0) is 21.8. The van der Waals surface area contributed by atoms with E-state index in [9.17, 15) is 22.8 Å². The summed E-state index contributed by atoms with van der Waals surface area (Å²) in [5.41, 5.74) is 2.80. The summed E-state index contributed by atoms with van der Waals surface area (Å²) in [5.74, 6) is -0.493. The van der Waals surface area contributed by atoms with Gasteiger partial charge in [-0.05, 0) is 24.1 Å². The second-order valence-corrected chi connectivity index (χ2v) is 8.29. The monoisotopic (exact) mass is 444 g/mol. The molecule has 0 radical (unpaired) electrons. The number of rotatable bonds is 2. The number of thiophene rings is 1. The highest BCUT2D eigenvalue weighted by molar-refractivity contribution is 7.14. The molecule has 10 heteroatoms. The quantitative estimate of drug-likeness (QED) is 0.509. The molecule has 0 aliphatic carbocycles. The van der Waals surface area contributed by atoms with E-state index in [0.29, 0.717) is 28.2 Å². The number of carbonyl (C=O) groups is 1. The zero-order valence-corrected chi connectivity index (χ0v) is 16.8. The van der Waals surface area contributed by atoms with Crippen LogP contribution >= 0.6 is 11.3 Å². The maximum absolute atomic E-state index is 12.9. The Kier molecular flexibility index (Phi) is 4.47. The van der Waals surface area contributed by atoms with Gasteiger partial charge in [0.05, 0.1) is 22.8 Å². The maximum Gasteiger partial charge on any atom is 0.425 e. The number of fused-ring (bicyclic) bond motifs is 2. The highest BCUT2D eigenvalue weighted by Gasteiger charge is 2.34. The van der Waals surface area contributed by atoms with Gasteiger partial charge in [-0.3, -0.25) is 14.7 Å². The summed E-state index contributed by atoms with van der Waals surface area (Å²) in [5, 5.41) is 3.06. The Hall–Kier alpha value is -3.40. The lowest BCUT2D eigenvalue weighted by Gasteiger charge is -2.27. The summed E-state index contributed by atoms with van der Waals surface area (Å²) in [6.07, 6.45) is -4.20. The lowest BCUT2D eigenvalue weighted by Crippen LogP contribution is -2.39. The molecule has 31 heavy (non-hydrogen) atoms. The first-order valence-corrected chi connectivity index (χ1v) is 10.3. The number of nitrogens with one attached hydrogen (secondary N) is 1. The molecule has 0 fully saturated rings. The minimum Gasteiger partial charge on any atom is -0.332 e. The van der Waals surface area contributed by atoms with Crippen LogP contribution in [0.5, 0.6) is 0 Å². The first-order valence-electron chi connectivity index (χ1n) is 9.46. The van der Waals surface area contributed by atoms with Crippen LogP contribution in [-0.2, 0) is 19.1 Å². The normalized spacial score (nSPS) is 14.1. The lowest BCUT2D eigenvalue weighted by molar-refractivity contribution is -0.134. The van der Waals surface area contributed by atoms with E-state index in [1.54, 1.807) is 6.07 Å². The molecule has 3 aromatic heterocycles. The number of nitrogens with zero attached hydrogens (tertiary/aromatic N) is 3. The number of aromatic nitrogens is 3. The topological polar surface area (TPSA) is 70.5 Å². The minimum atomic E-state index is -4.48. The van der Waals surface area contributed by atoms with Gasteiger partial charge in [0, 0.05) is 18.2 Å². The van der Waals surface area contributed by atoms with E-state index in [4.69, 9.17) is 0 Å². The summed E-state index contributed by atoms with van der Waals surface area (Å²) >= 11 is 0.422. The van der Waals surface area contributed by atoms with Gasteiger partial charge in [-0.1, -0.05) is 30.3 Å². The Labute approximate surface area is 177 Å². The predicted octanol–water partition coefficient (Wildman–Crippen LogP) is 3.97. The van der Waals surface area contributed by atoms with Crippen LogP contribution in [0.1, 0.15) is 25.8 Å². The van der Waals surface area contributed by atoms with Crippen LogP contribution in [0.25, 0.3) is 16.9 Å². The molecule has 1 aromatic carbocycles. The van der Waals surface area contributed by atoms with Crippen molar-refractivity contribution in [3.8, 4) is 11.3 Å². The third kappa shape index (κ3) is 3.42. The van der Waals surface area contributed by atoms with Crippen molar-refractivity contribution in [1.29, 1.82) is 0 Å². The molecule has 0 unspecified atom stereocenters. The van der Waals surface area contributed by atoms with E-state index in [1.807, 2.05) is 30.3 Å². The highest BCUT2D eigenvalue weighted by Crippen LogP contribution is 2.35. The van der Waals surface area contributed by atoms with Crippen LogP contribution in [0.4, 0.5) is 13.2 Å². The van der Waals surface area contributed by atoms with Gasteiger partial charge >= 0.3 is 6.18 Å². The van der Waals surface area contributed by atoms with Crippen molar-refractivity contribution in [2.24, 2.45) is 0 Å². The lowest BCUT2D eigenvalue weighted by atomic mass is 10.1. The van der Waals surface area contributed by atoms with E-state index >= 15 is 0 Å². The number of H-pyrrole nitrogens is 1. The summed E-state index contributed by atoms with van der Waals surface area (Å²) in [7, 11) is 0. The molecule has 1 amide bonds. The zero-order valence-electron chi connectivity index (χ0n) is 15.9. The molecule has 1 aliphatic rings. The molecule has 4 aromatic rings. The van der Waals surface area contributed by atoms with Gasteiger partial charge in [0.2, 0.25) is 0 Å². The molecule has 4 heterocycles. The number of hydrogen-bond acceptors (Lipinski definition) is 4. The Bertz CT molecular complexity index is 1350. The van der Waals surface area contributed by atoms with Gasteiger partial charge in [0.15, 0.2) is 5.65 Å². The second-order valence-electron chi connectivity index (χ2n) is 7.21. The third-order valence-corrected chi connectivity index (χ3v) is 6.35. The Morgan fingerprint density at radius 1 is 1.13 bits per heavy atom. The maximum atomic E-state index is 12.9. The smallest absolute Gasteiger partial charge is 0.332 e. The van der Waals surface area contributed by atoms with E-state index in [2.05, 4.69) is 10.1 Å². The minimum absolute atomic E-state index is 0.0154. The van der Waals surface area contributed by atoms with Gasteiger partial charge in [0.1, 0.15) is 4.88 Å². The molecule has 0 saturated carbocycles. The summed E-state index contributed by atoms with van der Waals surface area (Å²) in [6, 6.07) is 13.3. The van der Waals surface area contributed by atoms with E-state index < -0.39 is 17.0 Å². The molecule has 1 aliphatic heterocycles. The fourth-order valence-corrected chi connectivity index (χ4v) is 4.53. The average molecular weight is 444 g/mol. The average Bonchev–Trinajstić information content (AvgIpc) is 3.41. The largest absolute Gasteiger partial charge is 0.425 e. The highest BCUT2D eigenvalue weighted by atomic mass is 32.1. The molecule has 0 bridgehead atoms. The Balaban J connectivity index is 1.47. The van der Waals surface area contributed by atoms with Crippen LogP contribution in [-0.4, -0.2) is 31.9 Å². The fraction of sp³-hybridized carbons (Fsp3) is 0.190. The fourth-order valence-electron chi connectivity index (χ4n) is 3.69. The predicted molar refractivity (Wildman–Crippen MR) is 109 cm³/mol. The molecule has 158 valence electrons. The van der Waals surface area contributed by atoms with Gasteiger partial charge < -0.3 is 4.90 Å². The standard InChI is InChI=1S/C21H15F3N4O2S/c22-21(23,24)17-7-6-16(31-17)20(30)27-9-8-13-15(11-27)25-18-10-14(26-28(18)19(13)29)12-4-2-1-3-5-12/h1-7,10,26H,8-9,11H2. The van der Waals surface area contributed by atoms with E-state index in [0.717, 1.165) is 17.3 Å². The summed E-state index contributed by atoms with van der Waals surface area (Å²) in [6.45, 7) is 0.311. The van der Waals surface area contributed by atoms with Gasteiger partial charge in [-0.25, -0.2) is 9.50 Å². The van der Waals surface area contributed by atoms with Gasteiger partial charge in [-0.2, -0.15) is 13.2 Å². The number of amides is 1. The first kappa shape index (κ1) is 19.6. The molecule has 6 nitrogen and oxygen atoms in total. The van der Waals surface area contributed by atoms with Crippen molar-refractivity contribution in [2.75, 3.05) is 6.54 Å². The van der Waals surface area contributed by atoms with Crippen LogP contribution in [0.2, 0.25) is 0 Å². The van der Waals surface area contributed by atoms with Crippen LogP contribution < -0.4 is 5.56 Å². The number of benzene rings is 1. The number of carbonyl (C=O) groups excluding carboxylic acids is 1. The van der Waals surface area contributed by atoms with Gasteiger partial charge in [0.25, 0.3) is 11.5 Å². The number of halogens is 3. The molecule has 1 N–H and O–H groups in total. The van der Waals surface area contributed by atoms with Crippen LogP contribution in [0, 0.1) is 0 Å². The van der Waals surface area contributed by atoms with Crippen molar-refractivity contribution in [2.45, 2.75) is 19.1 Å². The van der Waals surface area contributed by atoms with E-state index in [-0.39, 0.29) is 29.9 Å². The van der Waals surface area contributed by atoms with Crippen LogP contribution in [0.3, 0.4) is 0 Å². The Morgan fingerprint density at radius 2 is 1.90 bits per heavy atom. The first-order chi connectivity index (χ1) is 14.8. The molecular formula is C21H15F3N4O2S. The SMILES string of the molecule is O=C(c1ccc(C(F)(F)F)s1)N1CCc2c(nc3cc(-c4ccccc4)[nH]n3c2=O)C1. The third-order valence-electron chi connectivity index (χ3n) is 5.23. The molecular weight excluding hydrogens is 429 g/mol. The number of aromatic amines is 1. The van der Waals surface area contributed by atoms with E-state index in [1.165, 1.54) is 15.5 Å². The van der Waals surface area contributed by atoms with Crippen LogP contribution in [0.15, 0.2) is 53.3 Å². The molecule has 0 atom stereocenters. The summed E-state index contributed by atoms with van der Waals surface area (Å²) in [4.78, 5) is 30.9. The van der Waals surface area contributed by atoms with Gasteiger partial charge in [-0.15, -0.1) is 11.3 Å². The van der Waals surface area contributed by atoms with Crippen molar-refractivity contribution in [3.05, 3.63) is 79.9 Å². The van der Waals surface area contributed by atoms with Crippen molar-refractivity contribution >= 4 is 22.9 Å². The summed E-state index contributed by atoms with van der Waals surface area (Å²) < 4.78 is 40.0. The molecule has 5 rings (SSSR count). The number of alkyl halides is 3. The van der Waals surface area contributed by atoms with Crippen molar-refractivity contribution in [3.63, 3.8) is 0 Å². The molecule has 0 spiro atoms. The van der Waals surface area contributed by atoms with Crippen molar-refractivity contribution in [1.82, 2.24) is 19.5 Å². The van der Waals surface area contributed by atoms with Crippen molar-refractivity contribution < 1.29 is 18.0 Å².